The van der Waals surface area contributed by atoms with Crippen LogP contribution < -0.4 is 11.5 Å². The summed E-state index contributed by atoms with van der Waals surface area (Å²) in [4.78, 5) is 24.3. The molecule has 0 spiro atoms. The Labute approximate surface area is 126 Å². The van der Waals surface area contributed by atoms with Crippen LogP contribution in [-0.4, -0.2) is 54.7 Å². The minimum absolute atomic E-state index is 0.0391. The molecule has 2 rings (SSSR count). The zero-order valence-corrected chi connectivity index (χ0v) is 13.0. The van der Waals surface area contributed by atoms with Crippen molar-refractivity contribution in [3.05, 3.63) is 17.5 Å². The highest BCUT2D eigenvalue weighted by atomic mass is 32.2. The van der Waals surface area contributed by atoms with E-state index in [4.69, 9.17) is 11.5 Å². The van der Waals surface area contributed by atoms with Crippen molar-refractivity contribution >= 4 is 33.3 Å². The molecule has 0 bridgehead atoms. The largest absolute Gasteiger partial charge is 0.368 e. The molecule has 1 aliphatic heterocycles. The van der Waals surface area contributed by atoms with Gasteiger partial charge in [-0.25, -0.2) is 13.2 Å². The fraction of sp³-hybridized carbons (Fsp3) is 0.455. The van der Waals surface area contributed by atoms with Gasteiger partial charge < -0.3 is 16.4 Å². The first kappa shape index (κ1) is 15.7. The van der Waals surface area contributed by atoms with E-state index in [2.05, 4.69) is 0 Å². The zero-order valence-electron chi connectivity index (χ0n) is 11.4. The van der Waals surface area contributed by atoms with Gasteiger partial charge in [0.05, 0.1) is 6.54 Å². The highest BCUT2D eigenvalue weighted by Crippen LogP contribution is 2.30. The summed E-state index contributed by atoms with van der Waals surface area (Å²) >= 11 is 1.06. The number of carbonyl (C=O) groups is 2. The van der Waals surface area contributed by atoms with Crippen LogP contribution in [0.2, 0.25) is 0 Å². The SMILES string of the molecule is CC1(C(N)=O)CN(C(N)=O)CCN1S(=O)(=O)c1cccs1. The first-order valence-corrected chi connectivity index (χ1v) is 8.42. The fourth-order valence-electron chi connectivity index (χ4n) is 2.28. The van der Waals surface area contributed by atoms with Crippen molar-refractivity contribution < 1.29 is 18.0 Å². The number of rotatable bonds is 3. The van der Waals surface area contributed by atoms with Crippen LogP contribution in [0, 0.1) is 0 Å². The molecule has 1 fully saturated rings. The fourth-order valence-corrected chi connectivity index (χ4v) is 5.12. The zero-order chi connectivity index (χ0) is 15.8. The van der Waals surface area contributed by atoms with Gasteiger partial charge in [0.2, 0.25) is 5.91 Å². The average molecular weight is 332 g/mol. The van der Waals surface area contributed by atoms with E-state index in [1.807, 2.05) is 0 Å². The first-order chi connectivity index (χ1) is 9.69. The van der Waals surface area contributed by atoms with Crippen molar-refractivity contribution in [1.82, 2.24) is 9.21 Å². The number of urea groups is 1. The molecule has 10 heteroatoms. The third-order valence-electron chi connectivity index (χ3n) is 3.50. The maximum absolute atomic E-state index is 12.6. The van der Waals surface area contributed by atoms with Crippen LogP contribution in [0.3, 0.4) is 0 Å². The summed E-state index contributed by atoms with van der Waals surface area (Å²) in [5.74, 6) is -0.825. The number of thiophene rings is 1. The second kappa shape index (κ2) is 5.28. The lowest BCUT2D eigenvalue weighted by Gasteiger charge is -2.45. The number of nitrogens with zero attached hydrogens (tertiary/aromatic N) is 2. The van der Waals surface area contributed by atoms with Crippen LogP contribution in [0.25, 0.3) is 0 Å². The predicted molar refractivity (Wildman–Crippen MR) is 77.0 cm³/mol. The van der Waals surface area contributed by atoms with E-state index >= 15 is 0 Å². The molecule has 116 valence electrons. The molecule has 0 aromatic carbocycles. The maximum atomic E-state index is 12.6. The molecule has 21 heavy (non-hydrogen) atoms. The van der Waals surface area contributed by atoms with Gasteiger partial charge >= 0.3 is 6.03 Å². The van der Waals surface area contributed by atoms with E-state index in [1.165, 1.54) is 17.9 Å². The number of nitrogens with two attached hydrogens (primary N) is 2. The van der Waals surface area contributed by atoms with Crippen molar-refractivity contribution in [2.24, 2.45) is 11.5 Å². The maximum Gasteiger partial charge on any atom is 0.314 e. The Morgan fingerprint density at radius 2 is 2.00 bits per heavy atom. The molecule has 1 atom stereocenters. The number of hydrogen-bond acceptors (Lipinski definition) is 5. The summed E-state index contributed by atoms with van der Waals surface area (Å²) in [5, 5.41) is 1.63. The van der Waals surface area contributed by atoms with E-state index in [1.54, 1.807) is 11.4 Å². The van der Waals surface area contributed by atoms with Crippen LogP contribution in [0.1, 0.15) is 6.92 Å². The van der Waals surface area contributed by atoms with E-state index in [9.17, 15) is 18.0 Å². The van der Waals surface area contributed by atoms with Gasteiger partial charge in [0.1, 0.15) is 9.75 Å². The lowest BCUT2D eigenvalue weighted by molar-refractivity contribution is -0.128. The van der Waals surface area contributed by atoms with Crippen LogP contribution in [-0.2, 0) is 14.8 Å². The Hall–Kier alpha value is -1.65. The Morgan fingerprint density at radius 3 is 2.48 bits per heavy atom. The van der Waals surface area contributed by atoms with Gasteiger partial charge in [-0.05, 0) is 18.4 Å². The molecule has 8 nitrogen and oxygen atoms in total. The summed E-state index contributed by atoms with van der Waals surface area (Å²) in [6, 6.07) is 2.36. The van der Waals surface area contributed by atoms with Crippen molar-refractivity contribution in [1.29, 1.82) is 0 Å². The van der Waals surface area contributed by atoms with Gasteiger partial charge in [0.25, 0.3) is 10.0 Å². The number of amides is 3. The van der Waals surface area contributed by atoms with Gasteiger partial charge in [-0.15, -0.1) is 11.3 Å². The van der Waals surface area contributed by atoms with Gasteiger partial charge in [-0.2, -0.15) is 4.31 Å². The quantitative estimate of drug-likeness (QED) is 0.764. The lowest BCUT2D eigenvalue weighted by Crippen LogP contribution is -2.68. The Kier molecular flexibility index (Phi) is 3.95. The molecule has 0 saturated carbocycles. The Balaban J connectivity index is 2.44. The predicted octanol–water partition coefficient (Wildman–Crippen LogP) is -0.623. The molecule has 1 aromatic rings. The molecule has 1 saturated heterocycles. The summed E-state index contributed by atoms with van der Waals surface area (Å²) in [5.41, 5.74) is 9.06. The number of piperazine rings is 1. The summed E-state index contributed by atoms with van der Waals surface area (Å²) in [6.07, 6.45) is 0. The van der Waals surface area contributed by atoms with Gasteiger partial charge in [0, 0.05) is 13.1 Å². The van der Waals surface area contributed by atoms with Crippen molar-refractivity contribution in [2.75, 3.05) is 19.6 Å². The lowest BCUT2D eigenvalue weighted by atomic mass is 9.98. The molecule has 2 heterocycles. The van der Waals surface area contributed by atoms with E-state index < -0.39 is 27.5 Å². The van der Waals surface area contributed by atoms with E-state index in [0.29, 0.717) is 0 Å². The number of carbonyl (C=O) groups excluding carboxylic acids is 2. The molecule has 0 radical (unpaired) electrons. The number of hydrogen-bond donors (Lipinski definition) is 2. The highest BCUT2D eigenvalue weighted by Gasteiger charge is 2.49. The van der Waals surface area contributed by atoms with Crippen LogP contribution >= 0.6 is 11.3 Å². The monoisotopic (exact) mass is 332 g/mol. The van der Waals surface area contributed by atoms with Crippen LogP contribution in [0.4, 0.5) is 4.79 Å². The molecule has 4 N–H and O–H groups in total. The third-order valence-corrected chi connectivity index (χ3v) is 6.90. The van der Waals surface area contributed by atoms with E-state index in [0.717, 1.165) is 15.6 Å². The van der Waals surface area contributed by atoms with Crippen molar-refractivity contribution in [3.8, 4) is 0 Å². The molecule has 3 amide bonds. The topological polar surface area (TPSA) is 127 Å². The van der Waals surface area contributed by atoms with Crippen LogP contribution in [0.15, 0.2) is 21.7 Å². The molecule has 1 aromatic heterocycles. The first-order valence-electron chi connectivity index (χ1n) is 6.10. The Bertz CT molecular complexity index is 658. The molecular formula is C11H16N4O4S2. The number of primary amides is 2. The molecule has 1 aliphatic rings. The minimum Gasteiger partial charge on any atom is -0.368 e. The number of sulfonamides is 1. The van der Waals surface area contributed by atoms with Gasteiger partial charge in [0.15, 0.2) is 0 Å². The second-order valence-electron chi connectivity index (χ2n) is 4.91. The molecular weight excluding hydrogens is 316 g/mol. The van der Waals surface area contributed by atoms with Gasteiger partial charge in [-0.1, -0.05) is 6.07 Å². The highest BCUT2D eigenvalue weighted by molar-refractivity contribution is 7.91. The summed E-state index contributed by atoms with van der Waals surface area (Å²) in [6.45, 7) is 1.31. The third kappa shape index (κ3) is 2.61. The van der Waals surface area contributed by atoms with E-state index in [-0.39, 0.29) is 23.8 Å². The summed E-state index contributed by atoms with van der Waals surface area (Å²) < 4.78 is 26.5. The smallest absolute Gasteiger partial charge is 0.314 e. The van der Waals surface area contributed by atoms with Crippen molar-refractivity contribution in [3.63, 3.8) is 0 Å². The molecule has 1 unspecified atom stereocenters. The summed E-state index contributed by atoms with van der Waals surface area (Å²) in [7, 11) is -3.85. The average Bonchev–Trinajstić information content (AvgIpc) is 2.92. The normalized spacial score (nSPS) is 24.0. The Morgan fingerprint density at radius 1 is 1.33 bits per heavy atom. The minimum atomic E-state index is -3.85. The molecule has 0 aliphatic carbocycles. The van der Waals surface area contributed by atoms with Crippen LogP contribution in [0.5, 0.6) is 0 Å². The second-order valence-corrected chi connectivity index (χ2v) is 7.94. The standard InChI is InChI=1S/C11H16N4O4S2/c1-11(9(12)16)7-14(10(13)17)4-5-15(11)21(18,19)8-3-2-6-20-8/h2-3,6H,4-5,7H2,1H3,(H2,12,16)(H2,13,17). The van der Waals surface area contributed by atoms with Crippen molar-refractivity contribution in [2.45, 2.75) is 16.7 Å². The van der Waals surface area contributed by atoms with Gasteiger partial charge in [-0.3, -0.25) is 4.79 Å².